The fraction of sp³-hybridized carbons (Fsp3) is 0. The zero-order valence-electron chi connectivity index (χ0n) is 7.53. The quantitative estimate of drug-likeness (QED) is 0.616. The second-order valence-corrected chi connectivity index (χ2v) is 3.04. The van der Waals surface area contributed by atoms with Gasteiger partial charge >= 0.3 is 0 Å². The second-order valence-electron chi connectivity index (χ2n) is 3.04. The lowest BCUT2D eigenvalue weighted by atomic mass is 10.1. The molecule has 14 heavy (non-hydrogen) atoms. The van der Waals surface area contributed by atoms with E-state index in [1.807, 2.05) is 30.6 Å². The summed E-state index contributed by atoms with van der Waals surface area (Å²) in [5, 5.41) is 5.01. The third kappa shape index (κ3) is 1.52. The fourth-order valence-electron chi connectivity index (χ4n) is 1.35. The Bertz CT molecular complexity index is 515. The number of nitrogens with one attached hydrogen (secondary N) is 1. The van der Waals surface area contributed by atoms with Crippen molar-refractivity contribution < 1.29 is 4.79 Å². The van der Waals surface area contributed by atoms with Gasteiger partial charge in [0.2, 0.25) is 5.91 Å². The summed E-state index contributed by atoms with van der Waals surface area (Å²) < 4.78 is 0. The molecule has 0 bridgehead atoms. The van der Waals surface area contributed by atoms with Crippen molar-refractivity contribution in [2.75, 3.05) is 0 Å². The highest BCUT2D eigenvalue weighted by Crippen LogP contribution is 1.90. The predicted molar refractivity (Wildman–Crippen MR) is 55.4 cm³/mol. The molecule has 0 atom stereocenters. The molecule has 0 unspecified atom stereocenters. The van der Waals surface area contributed by atoms with E-state index >= 15 is 0 Å². The van der Waals surface area contributed by atoms with Gasteiger partial charge in [0.25, 0.3) is 0 Å². The minimum absolute atomic E-state index is 0.404. The van der Waals surface area contributed by atoms with Crippen LogP contribution in [0.2, 0.25) is 0 Å². The Morgan fingerprint density at radius 2 is 2.14 bits per heavy atom. The maximum atomic E-state index is 10.9. The highest BCUT2D eigenvalue weighted by atomic mass is 16.1. The lowest BCUT2D eigenvalue weighted by Gasteiger charge is -1.95. The minimum atomic E-state index is -0.404. The number of allylic oxidation sites excluding steroid dienone is 1. The molecule has 1 heterocycles. The molecule has 0 saturated heterocycles. The summed E-state index contributed by atoms with van der Waals surface area (Å²) >= 11 is 0. The van der Waals surface area contributed by atoms with Crippen LogP contribution in [0.25, 0.3) is 12.3 Å². The van der Waals surface area contributed by atoms with Crippen molar-refractivity contribution in [2.24, 2.45) is 5.73 Å². The van der Waals surface area contributed by atoms with Crippen molar-refractivity contribution in [1.29, 1.82) is 0 Å². The van der Waals surface area contributed by atoms with Gasteiger partial charge in [-0.3, -0.25) is 4.79 Å². The molecule has 0 aliphatic carbocycles. The van der Waals surface area contributed by atoms with E-state index in [0.29, 0.717) is 5.56 Å². The summed E-state index contributed by atoms with van der Waals surface area (Å²) in [6.45, 7) is 0. The fourth-order valence-corrected chi connectivity index (χ4v) is 1.35. The number of benzene rings is 1. The standard InChI is InChI=1S/C11H10N2O/c12-11(14)9-4-3-8-2-1-5-13-7-10(8)6-9/h1-7,13H,(H2,12,14). The zero-order valence-corrected chi connectivity index (χ0v) is 7.53. The van der Waals surface area contributed by atoms with E-state index < -0.39 is 5.91 Å². The summed E-state index contributed by atoms with van der Waals surface area (Å²) in [5.74, 6) is -0.404. The first-order valence-corrected chi connectivity index (χ1v) is 4.30. The number of carbonyl (C=O) groups excluding carboxylic acids is 1. The first-order valence-electron chi connectivity index (χ1n) is 4.30. The summed E-state index contributed by atoms with van der Waals surface area (Å²) in [6.07, 6.45) is 7.54. The highest BCUT2D eigenvalue weighted by molar-refractivity contribution is 5.92. The van der Waals surface area contributed by atoms with Crippen molar-refractivity contribution >= 4 is 18.2 Å². The first kappa shape index (κ1) is 8.56. The third-order valence-corrected chi connectivity index (χ3v) is 2.08. The molecule has 1 aromatic carbocycles. The van der Waals surface area contributed by atoms with Crippen molar-refractivity contribution in [1.82, 2.24) is 5.32 Å². The van der Waals surface area contributed by atoms with E-state index in [1.165, 1.54) is 0 Å². The van der Waals surface area contributed by atoms with Crippen molar-refractivity contribution in [3.63, 3.8) is 0 Å². The van der Waals surface area contributed by atoms with Crippen molar-refractivity contribution in [2.45, 2.75) is 0 Å². The number of rotatable bonds is 1. The largest absolute Gasteiger partial charge is 0.367 e. The van der Waals surface area contributed by atoms with Crippen molar-refractivity contribution in [3.8, 4) is 0 Å². The first-order chi connectivity index (χ1) is 6.77. The van der Waals surface area contributed by atoms with Gasteiger partial charge in [-0.1, -0.05) is 12.1 Å². The van der Waals surface area contributed by atoms with E-state index in [9.17, 15) is 4.79 Å². The Kier molecular flexibility index (Phi) is 2.07. The molecule has 1 amide bonds. The molecule has 3 heteroatoms. The lowest BCUT2D eigenvalue weighted by Crippen LogP contribution is -2.27. The number of hydrogen-bond acceptors (Lipinski definition) is 2. The van der Waals surface area contributed by atoms with Gasteiger partial charge < -0.3 is 11.1 Å². The summed E-state index contributed by atoms with van der Waals surface area (Å²) in [6, 6.07) is 5.38. The number of fused-ring (bicyclic) bond motifs is 1. The van der Waals surface area contributed by atoms with E-state index in [0.717, 1.165) is 10.4 Å². The van der Waals surface area contributed by atoms with Crippen LogP contribution in [0.15, 0.2) is 30.5 Å². The predicted octanol–water partition coefficient (Wildman–Crippen LogP) is -0.579. The minimum Gasteiger partial charge on any atom is -0.367 e. The molecule has 1 aromatic rings. The molecule has 0 fully saturated rings. The summed E-state index contributed by atoms with van der Waals surface area (Å²) in [7, 11) is 0. The van der Waals surface area contributed by atoms with Gasteiger partial charge in [-0.2, -0.15) is 0 Å². The molecule has 3 nitrogen and oxygen atoms in total. The molecule has 2 rings (SSSR count). The molecule has 0 saturated carbocycles. The van der Waals surface area contributed by atoms with E-state index in [1.54, 1.807) is 12.1 Å². The van der Waals surface area contributed by atoms with Crippen LogP contribution < -0.4 is 21.5 Å². The van der Waals surface area contributed by atoms with Gasteiger partial charge in [0.1, 0.15) is 0 Å². The van der Waals surface area contributed by atoms with Gasteiger partial charge in [0, 0.05) is 18.0 Å². The van der Waals surface area contributed by atoms with E-state index in [2.05, 4.69) is 5.32 Å². The Hall–Kier alpha value is -2.03. The number of nitrogens with two attached hydrogens (primary N) is 1. The Morgan fingerprint density at radius 3 is 2.93 bits per heavy atom. The monoisotopic (exact) mass is 186 g/mol. The van der Waals surface area contributed by atoms with Crippen LogP contribution >= 0.6 is 0 Å². The summed E-state index contributed by atoms with van der Waals surface area (Å²) in [5.41, 5.74) is 5.71. The van der Waals surface area contributed by atoms with Crippen LogP contribution in [0, 0.1) is 0 Å². The van der Waals surface area contributed by atoms with Gasteiger partial charge in [0.15, 0.2) is 0 Å². The number of carbonyl (C=O) groups is 1. The second kappa shape index (κ2) is 3.38. The van der Waals surface area contributed by atoms with Crippen LogP contribution in [-0.2, 0) is 0 Å². The van der Waals surface area contributed by atoms with Crippen LogP contribution in [0.1, 0.15) is 10.4 Å². The van der Waals surface area contributed by atoms with E-state index in [-0.39, 0.29) is 0 Å². The summed E-state index contributed by atoms with van der Waals surface area (Å²) in [4.78, 5) is 10.9. The van der Waals surface area contributed by atoms with Crippen molar-refractivity contribution in [3.05, 3.63) is 46.5 Å². The van der Waals surface area contributed by atoms with Crippen LogP contribution in [-0.4, -0.2) is 5.91 Å². The third-order valence-electron chi connectivity index (χ3n) is 2.08. The number of hydrogen-bond donors (Lipinski definition) is 2. The topological polar surface area (TPSA) is 55.1 Å². The Labute approximate surface area is 81.2 Å². The Balaban J connectivity index is 2.68. The van der Waals surface area contributed by atoms with Gasteiger partial charge in [0.05, 0.1) is 0 Å². The zero-order chi connectivity index (χ0) is 9.97. The molecule has 3 N–H and O–H groups in total. The van der Waals surface area contributed by atoms with Gasteiger partial charge in [-0.25, -0.2) is 0 Å². The number of primary amides is 1. The SMILES string of the molecule is NC(=O)c1ccc2c(c1)=CNC=CC=2. The molecule has 0 radical (unpaired) electrons. The molecule has 1 aliphatic heterocycles. The maximum absolute atomic E-state index is 10.9. The lowest BCUT2D eigenvalue weighted by molar-refractivity contribution is 0.1000. The van der Waals surface area contributed by atoms with Crippen LogP contribution in [0.4, 0.5) is 0 Å². The number of amides is 1. The molecule has 1 aliphatic rings. The maximum Gasteiger partial charge on any atom is 0.248 e. The molecule has 0 spiro atoms. The average Bonchev–Trinajstić information content (AvgIpc) is 2.41. The van der Waals surface area contributed by atoms with Gasteiger partial charge in [-0.05, 0) is 28.6 Å². The molecular formula is C11H10N2O. The van der Waals surface area contributed by atoms with Crippen LogP contribution in [0.5, 0.6) is 0 Å². The normalized spacial score (nSPS) is 12.9. The average molecular weight is 186 g/mol. The molecule has 70 valence electrons. The van der Waals surface area contributed by atoms with Crippen LogP contribution in [0.3, 0.4) is 0 Å². The smallest absolute Gasteiger partial charge is 0.248 e. The highest BCUT2D eigenvalue weighted by Gasteiger charge is 1.98. The van der Waals surface area contributed by atoms with E-state index in [4.69, 9.17) is 5.73 Å². The Morgan fingerprint density at radius 1 is 1.29 bits per heavy atom. The van der Waals surface area contributed by atoms with Gasteiger partial charge in [-0.15, -0.1) is 0 Å². The molecule has 0 aromatic heterocycles. The molecular weight excluding hydrogens is 176 g/mol.